The van der Waals surface area contributed by atoms with Crippen molar-refractivity contribution in [1.29, 1.82) is 0 Å². The molecule has 3 rings (SSSR count). The van der Waals surface area contributed by atoms with Gasteiger partial charge in [0.1, 0.15) is 32.6 Å². The first-order valence-corrected chi connectivity index (χ1v) is 14.3. The highest BCUT2D eigenvalue weighted by Gasteiger charge is 2.36. The molecule has 1 aliphatic carbocycles. The van der Waals surface area contributed by atoms with E-state index >= 15 is 0 Å². The van der Waals surface area contributed by atoms with Crippen LogP contribution in [0.1, 0.15) is 55.8 Å². The monoisotopic (exact) mass is 564 g/mol. The normalized spacial score (nSPS) is 19.4. The van der Waals surface area contributed by atoms with Gasteiger partial charge in [-0.3, -0.25) is 9.36 Å². The van der Waals surface area contributed by atoms with Gasteiger partial charge in [-0.25, -0.2) is 13.4 Å². The van der Waals surface area contributed by atoms with Crippen LogP contribution in [-0.2, 0) is 16.3 Å². The third-order valence-electron chi connectivity index (χ3n) is 6.67. The summed E-state index contributed by atoms with van der Waals surface area (Å²) in [6.45, 7) is 3.23. The van der Waals surface area contributed by atoms with E-state index in [-0.39, 0.29) is 33.5 Å². The number of nitrogens with one attached hydrogen (secondary N) is 2. The van der Waals surface area contributed by atoms with Gasteiger partial charge in [0.25, 0.3) is 5.91 Å². The lowest BCUT2D eigenvalue weighted by Crippen LogP contribution is -2.34. The summed E-state index contributed by atoms with van der Waals surface area (Å²) in [6.07, 6.45) is -0.190. The number of hydrogen-bond acceptors (Lipinski definition) is 6. The maximum atomic E-state index is 13.0. The van der Waals surface area contributed by atoms with Crippen LogP contribution in [0.15, 0.2) is 18.2 Å². The lowest BCUT2D eigenvalue weighted by atomic mass is 9.89. The number of imidazole rings is 1. The van der Waals surface area contributed by atoms with Gasteiger partial charge >= 0.3 is 6.18 Å². The molecule has 0 bridgehead atoms. The minimum Gasteiger partial charge on any atom is -0.494 e. The van der Waals surface area contributed by atoms with Gasteiger partial charge in [0.2, 0.25) is 0 Å². The highest BCUT2D eigenvalue weighted by Crippen LogP contribution is 2.34. The van der Waals surface area contributed by atoms with Crippen LogP contribution in [0.2, 0.25) is 5.15 Å². The molecule has 0 spiro atoms. The number of anilines is 1. The summed E-state index contributed by atoms with van der Waals surface area (Å²) < 4.78 is 69.3. The standard InChI is InChI=1S/C24H32ClF3N4O4S/c1-5-20-31-21(23(33)29-13-15-6-9-17(10-7-15)37(4,34)35)22(25)32(20)18-11-8-16(12-19(18)36-3)30-14(2)24(26,27)28/h8,11-12,14-15,17,30H,5-7,9-10,13H2,1-4H3,(H,29,33)/t14-,15-,17+/m1/s1. The molecule has 13 heteroatoms. The average Bonchev–Trinajstić information content (AvgIpc) is 3.17. The summed E-state index contributed by atoms with van der Waals surface area (Å²) in [4.78, 5) is 17.4. The van der Waals surface area contributed by atoms with Gasteiger partial charge in [0, 0.05) is 31.0 Å². The molecule has 0 saturated heterocycles. The Morgan fingerprint density at radius 1 is 1.27 bits per heavy atom. The van der Waals surface area contributed by atoms with E-state index in [9.17, 15) is 26.4 Å². The van der Waals surface area contributed by atoms with Crippen molar-refractivity contribution in [1.82, 2.24) is 14.9 Å². The van der Waals surface area contributed by atoms with E-state index in [0.29, 0.717) is 50.2 Å². The van der Waals surface area contributed by atoms with Gasteiger partial charge in [-0.2, -0.15) is 13.2 Å². The highest BCUT2D eigenvalue weighted by atomic mass is 35.5. The van der Waals surface area contributed by atoms with Crippen LogP contribution in [0.3, 0.4) is 0 Å². The fourth-order valence-corrected chi connectivity index (χ4v) is 5.88. The predicted molar refractivity (Wildman–Crippen MR) is 137 cm³/mol. The number of alkyl halides is 3. The molecule has 206 valence electrons. The molecule has 1 aromatic heterocycles. The number of hydrogen-bond donors (Lipinski definition) is 2. The lowest BCUT2D eigenvalue weighted by molar-refractivity contribution is -0.138. The summed E-state index contributed by atoms with van der Waals surface area (Å²) in [6, 6.07) is 2.70. The van der Waals surface area contributed by atoms with E-state index in [1.165, 1.54) is 25.5 Å². The van der Waals surface area contributed by atoms with Crippen molar-refractivity contribution in [2.75, 3.05) is 25.2 Å². The first kappa shape index (κ1) is 29.1. The number of carbonyl (C=O) groups is 1. The fourth-order valence-electron chi connectivity index (χ4n) is 4.44. The molecular formula is C24H32ClF3N4O4S. The van der Waals surface area contributed by atoms with Crippen molar-refractivity contribution in [2.24, 2.45) is 5.92 Å². The molecular weight excluding hydrogens is 533 g/mol. The number of benzene rings is 1. The number of aromatic nitrogens is 2. The maximum absolute atomic E-state index is 13.0. The number of amides is 1. The summed E-state index contributed by atoms with van der Waals surface area (Å²) in [7, 11) is -1.68. The van der Waals surface area contributed by atoms with E-state index in [0.717, 1.165) is 6.92 Å². The van der Waals surface area contributed by atoms with Crippen molar-refractivity contribution in [3.8, 4) is 11.4 Å². The Morgan fingerprint density at radius 2 is 1.92 bits per heavy atom. The first-order valence-electron chi connectivity index (χ1n) is 12.0. The maximum Gasteiger partial charge on any atom is 0.408 e. The molecule has 1 atom stereocenters. The summed E-state index contributed by atoms with van der Waals surface area (Å²) in [5, 5.41) is 4.98. The Hall–Kier alpha value is -2.47. The minimum atomic E-state index is -4.41. The van der Waals surface area contributed by atoms with E-state index in [1.807, 2.05) is 6.92 Å². The Balaban J connectivity index is 1.78. The zero-order valence-corrected chi connectivity index (χ0v) is 22.7. The number of rotatable bonds is 9. The van der Waals surface area contributed by atoms with Crippen molar-refractivity contribution < 1.29 is 31.1 Å². The molecule has 2 N–H and O–H groups in total. The molecule has 37 heavy (non-hydrogen) atoms. The zero-order chi connectivity index (χ0) is 27.5. The summed E-state index contributed by atoms with van der Waals surface area (Å²) in [5.41, 5.74) is 0.668. The molecule has 8 nitrogen and oxygen atoms in total. The molecule has 1 aromatic carbocycles. The van der Waals surface area contributed by atoms with Gasteiger partial charge in [0.15, 0.2) is 5.69 Å². The lowest BCUT2D eigenvalue weighted by Gasteiger charge is -2.27. The van der Waals surface area contributed by atoms with Crippen LogP contribution in [0.4, 0.5) is 18.9 Å². The van der Waals surface area contributed by atoms with Crippen LogP contribution < -0.4 is 15.4 Å². The molecule has 0 aliphatic heterocycles. The van der Waals surface area contributed by atoms with Gasteiger partial charge in [-0.1, -0.05) is 18.5 Å². The topological polar surface area (TPSA) is 102 Å². The second-order valence-electron chi connectivity index (χ2n) is 9.33. The van der Waals surface area contributed by atoms with Crippen molar-refractivity contribution in [2.45, 2.75) is 63.4 Å². The van der Waals surface area contributed by atoms with Crippen LogP contribution in [0, 0.1) is 5.92 Å². The molecule has 2 aromatic rings. The van der Waals surface area contributed by atoms with Crippen LogP contribution in [0.25, 0.3) is 5.69 Å². The number of aryl methyl sites for hydroxylation is 1. The summed E-state index contributed by atoms with van der Waals surface area (Å²) in [5.74, 6) is 0.432. The molecule has 1 amide bonds. The Morgan fingerprint density at radius 3 is 2.46 bits per heavy atom. The number of methoxy groups -OCH3 is 1. The molecule has 1 aliphatic rings. The molecule has 0 radical (unpaired) electrons. The second-order valence-corrected chi connectivity index (χ2v) is 12.0. The molecule has 1 fully saturated rings. The minimum absolute atomic E-state index is 0.0262. The zero-order valence-electron chi connectivity index (χ0n) is 21.2. The number of sulfone groups is 1. The molecule has 0 unspecified atom stereocenters. The average molecular weight is 565 g/mol. The van der Waals surface area contributed by atoms with Crippen LogP contribution >= 0.6 is 11.6 Å². The van der Waals surface area contributed by atoms with Crippen molar-refractivity contribution in [3.05, 3.63) is 34.9 Å². The molecule has 1 heterocycles. The van der Waals surface area contributed by atoms with E-state index < -0.39 is 28.0 Å². The number of carbonyl (C=O) groups excluding carboxylic acids is 1. The van der Waals surface area contributed by atoms with Crippen LogP contribution in [0.5, 0.6) is 5.75 Å². The fraction of sp³-hybridized carbons (Fsp3) is 0.583. The first-order chi connectivity index (χ1) is 17.3. The quantitative estimate of drug-likeness (QED) is 0.454. The predicted octanol–water partition coefficient (Wildman–Crippen LogP) is 4.79. The smallest absolute Gasteiger partial charge is 0.408 e. The van der Waals surface area contributed by atoms with E-state index in [2.05, 4.69) is 15.6 Å². The molecule has 1 saturated carbocycles. The second kappa shape index (κ2) is 11.5. The highest BCUT2D eigenvalue weighted by molar-refractivity contribution is 7.91. The third kappa shape index (κ3) is 6.90. The Bertz CT molecular complexity index is 1230. The SMILES string of the molecule is CCc1nc(C(=O)NC[C@H]2CC[C@@H](S(C)(=O)=O)CC2)c(Cl)n1-c1ccc(N[C@H](C)C(F)(F)F)cc1OC. The van der Waals surface area contributed by atoms with Gasteiger partial charge < -0.3 is 15.4 Å². The van der Waals surface area contributed by atoms with E-state index in [4.69, 9.17) is 16.3 Å². The number of nitrogens with zero attached hydrogens (tertiary/aromatic N) is 2. The van der Waals surface area contributed by atoms with E-state index in [1.54, 1.807) is 10.6 Å². The van der Waals surface area contributed by atoms with Gasteiger partial charge in [-0.15, -0.1) is 0 Å². The van der Waals surface area contributed by atoms with Crippen molar-refractivity contribution >= 4 is 33.0 Å². The van der Waals surface area contributed by atoms with Gasteiger partial charge in [0.05, 0.1) is 18.0 Å². The van der Waals surface area contributed by atoms with Crippen molar-refractivity contribution in [3.63, 3.8) is 0 Å². The third-order valence-corrected chi connectivity index (χ3v) is 8.70. The summed E-state index contributed by atoms with van der Waals surface area (Å²) >= 11 is 6.59. The van der Waals surface area contributed by atoms with Crippen LogP contribution in [-0.4, -0.2) is 61.3 Å². The Kier molecular flexibility index (Phi) is 9.05. The Labute approximate surface area is 219 Å². The number of halogens is 4. The van der Waals surface area contributed by atoms with Gasteiger partial charge in [-0.05, 0) is 50.7 Å². The number of ether oxygens (including phenoxy) is 1. The largest absolute Gasteiger partial charge is 0.494 e.